The van der Waals surface area contributed by atoms with Crippen molar-refractivity contribution in [3.63, 3.8) is 0 Å². The van der Waals surface area contributed by atoms with Gasteiger partial charge in [0.1, 0.15) is 5.75 Å². The molecule has 1 aliphatic heterocycles. The zero-order chi connectivity index (χ0) is 19.1. The highest BCUT2D eigenvalue weighted by Gasteiger charge is 2.31. The lowest BCUT2D eigenvalue weighted by Gasteiger charge is -2.28. The zero-order valence-electron chi connectivity index (χ0n) is 14.1. The van der Waals surface area contributed by atoms with Gasteiger partial charge in [-0.2, -0.15) is 9.78 Å². The summed E-state index contributed by atoms with van der Waals surface area (Å²) in [5.74, 6) is -0.503. The van der Waals surface area contributed by atoms with Gasteiger partial charge in [0.2, 0.25) is 5.91 Å². The van der Waals surface area contributed by atoms with Crippen LogP contribution in [0.5, 0.6) is 5.75 Å². The second-order valence-corrected chi connectivity index (χ2v) is 5.99. The Balaban J connectivity index is 1.99. The van der Waals surface area contributed by atoms with E-state index in [1.807, 2.05) is 0 Å². The monoisotopic (exact) mass is 367 g/mol. The number of ether oxygens (including phenoxy) is 1. The zero-order valence-corrected chi connectivity index (χ0v) is 14.1. The van der Waals surface area contributed by atoms with Crippen molar-refractivity contribution in [2.45, 2.75) is 33.2 Å². The molecule has 0 unspecified atom stereocenters. The predicted octanol–water partition coefficient (Wildman–Crippen LogP) is 2.34. The number of aryl methyl sites for hydroxylation is 1. The van der Waals surface area contributed by atoms with Crippen LogP contribution in [-0.4, -0.2) is 33.5 Å². The minimum atomic E-state index is -4.78. The fraction of sp³-hybridized carbons (Fsp3) is 0.353. The lowest BCUT2D eigenvalue weighted by Crippen LogP contribution is -2.40. The third kappa shape index (κ3) is 3.56. The van der Waals surface area contributed by atoms with Gasteiger partial charge in [0.05, 0.1) is 17.9 Å². The fourth-order valence-electron chi connectivity index (χ4n) is 2.98. The molecule has 26 heavy (non-hydrogen) atoms. The molecule has 6 nitrogen and oxygen atoms in total. The van der Waals surface area contributed by atoms with Gasteiger partial charge < -0.3 is 9.64 Å². The minimum Gasteiger partial charge on any atom is -0.406 e. The summed E-state index contributed by atoms with van der Waals surface area (Å²) in [5, 5.41) is 4.27. The van der Waals surface area contributed by atoms with Crippen molar-refractivity contribution in [3.8, 4) is 11.4 Å². The van der Waals surface area contributed by atoms with Crippen molar-refractivity contribution in [1.82, 2.24) is 14.7 Å². The molecule has 0 N–H and O–H groups in total. The summed E-state index contributed by atoms with van der Waals surface area (Å²) in [4.78, 5) is 26.0. The number of halogens is 3. The summed E-state index contributed by atoms with van der Waals surface area (Å²) in [5.41, 5.74) is 1.88. The molecule has 3 rings (SSSR count). The fourth-order valence-corrected chi connectivity index (χ4v) is 2.98. The lowest BCUT2D eigenvalue weighted by atomic mass is 10.00. The van der Waals surface area contributed by atoms with Gasteiger partial charge in [0.15, 0.2) is 0 Å². The quantitative estimate of drug-likeness (QED) is 0.817. The van der Waals surface area contributed by atoms with Crippen LogP contribution >= 0.6 is 0 Å². The highest BCUT2D eigenvalue weighted by molar-refractivity contribution is 5.73. The van der Waals surface area contributed by atoms with Gasteiger partial charge in [0.25, 0.3) is 5.56 Å². The second kappa shape index (κ2) is 6.47. The number of alkyl halides is 3. The van der Waals surface area contributed by atoms with Crippen molar-refractivity contribution in [3.05, 3.63) is 51.4 Å². The Morgan fingerprint density at radius 1 is 1.19 bits per heavy atom. The van der Waals surface area contributed by atoms with E-state index in [0.717, 1.165) is 22.4 Å². The number of benzene rings is 1. The maximum Gasteiger partial charge on any atom is 0.573 e. The minimum absolute atomic E-state index is 0.121. The molecule has 0 atom stereocenters. The van der Waals surface area contributed by atoms with E-state index in [2.05, 4.69) is 9.84 Å². The normalized spacial score (nSPS) is 14.1. The van der Waals surface area contributed by atoms with Gasteiger partial charge in [-0.3, -0.25) is 9.59 Å². The van der Waals surface area contributed by atoms with Gasteiger partial charge in [-0.15, -0.1) is 13.2 Å². The molecule has 0 fully saturated rings. The topological polar surface area (TPSA) is 64.4 Å². The van der Waals surface area contributed by atoms with Gasteiger partial charge >= 0.3 is 6.36 Å². The van der Waals surface area contributed by atoms with Crippen LogP contribution in [0.3, 0.4) is 0 Å². The first-order valence-electron chi connectivity index (χ1n) is 7.89. The number of hydrogen-bond donors (Lipinski definition) is 0. The molecule has 0 bridgehead atoms. The van der Waals surface area contributed by atoms with Crippen molar-refractivity contribution < 1.29 is 22.7 Å². The molecule has 0 radical (unpaired) electrons. The molecular weight excluding hydrogens is 351 g/mol. The van der Waals surface area contributed by atoms with Crippen LogP contribution < -0.4 is 10.3 Å². The van der Waals surface area contributed by atoms with E-state index in [1.54, 1.807) is 11.8 Å². The standard InChI is InChI=1S/C17H16F3N3O3/c1-10-14-7-8-22(11(2)24)9-15(14)16(25)23(21-10)12-3-5-13(6-4-12)26-17(18,19)20/h3-6H,7-9H2,1-2H3. The molecule has 0 saturated carbocycles. The van der Waals surface area contributed by atoms with Crippen LogP contribution in [0.15, 0.2) is 29.1 Å². The lowest BCUT2D eigenvalue weighted by molar-refractivity contribution is -0.274. The Labute approximate surface area is 146 Å². The Bertz CT molecular complexity index is 904. The van der Waals surface area contributed by atoms with Crippen molar-refractivity contribution in [1.29, 1.82) is 0 Å². The number of hydrogen-bond acceptors (Lipinski definition) is 4. The second-order valence-electron chi connectivity index (χ2n) is 5.99. The van der Waals surface area contributed by atoms with E-state index < -0.39 is 6.36 Å². The average Bonchev–Trinajstić information content (AvgIpc) is 2.57. The smallest absolute Gasteiger partial charge is 0.406 e. The molecule has 0 saturated heterocycles. The third-order valence-corrected chi connectivity index (χ3v) is 4.24. The maximum absolute atomic E-state index is 12.8. The average molecular weight is 367 g/mol. The molecular formula is C17H16F3N3O3. The van der Waals surface area contributed by atoms with E-state index in [-0.39, 0.29) is 23.8 Å². The number of nitrogens with zero attached hydrogens (tertiary/aromatic N) is 3. The largest absolute Gasteiger partial charge is 0.573 e. The van der Waals surface area contributed by atoms with Crippen LogP contribution in [0, 0.1) is 6.92 Å². The predicted molar refractivity (Wildman–Crippen MR) is 86.0 cm³/mol. The molecule has 138 valence electrons. The van der Waals surface area contributed by atoms with Crippen LogP contribution in [-0.2, 0) is 17.8 Å². The van der Waals surface area contributed by atoms with Crippen LogP contribution in [0.1, 0.15) is 23.7 Å². The maximum atomic E-state index is 12.8. The number of rotatable bonds is 2. The molecule has 0 spiro atoms. The number of carbonyl (C=O) groups excluding carboxylic acids is 1. The number of aromatic nitrogens is 2. The van der Waals surface area contributed by atoms with Gasteiger partial charge in [0, 0.05) is 19.0 Å². The Morgan fingerprint density at radius 3 is 2.42 bits per heavy atom. The van der Waals surface area contributed by atoms with E-state index in [0.29, 0.717) is 29.9 Å². The first-order chi connectivity index (χ1) is 12.2. The number of carbonyl (C=O) groups is 1. The molecule has 9 heteroatoms. The first kappa shape index (κ1) is 18.0. The first-order valence-corrected chi connectivity index (χ1v) is 7.89. The number of amides is 1. The summed E-state index contributed by atoms with van der Waals surface area (Å²) in [6.07, 6.45) is -4.24. The van der Waals surface area contributed by atoms with Gasteiger partial charge in [-0.1, -0.05) is 0 Å². The molecule has 1 aliphatic rings. The van der Waals surface area contributed by atoms with E-state index in [4.69, 9.17) is 0 Å². The van der Waals surface area contributed by atoms with Crippen molar-refractivity contribution in [2.75, 3.05) is 6.54 Å². The number of fused-ring (bicyclic) bond motifs is 1. The summed E-state index contributed by atoms with van der Waals surface area (Å²) < 4.78 is 41.7. The summed E-state index contributed by atoms with van der Waals surface area (Å²) >= 11 is 0. The highest BCUT2D eigenvalue weighted by atomic mass is 19.4. The molecule has 0 aliphatic carbocycles. The molecule has 1 amide bonds. The Hall–Kier alpha value is -2.84. The molecule has 1 aromatic carbocycles. The Morgan fingerprint density at radius 2 is 1.85 bits per heavy atom. The highest BCUT2D eigenvalue weighted by Crippen LogP contribution is 2.24. The van der Waals surface area contributed by atoms with Gasteiger partial charge in [-0.25, -0.2) is 0 Å². The molecule has 2 heterocycles. The Kier molecular flexibility index (Phi) is 4.47. The van der Waals surface area contributed by atoms with E-state index in [1.165, 1.54) is 19.1 Å². The van der Waals surface area contributed by atoms with E-state index >= 15 is 0 Å². The molecule has 1 aromatic heterocycles. The van der Waals surface area contributed by atoms with Crippen molar-refractivity contribution in [2.24, 2.45) is 0 Å². The van der Waals surface area contributed by atoms with Crippen molar-refractivity contribution >= 4 is 5.91 Å². The van der Waals surface area contributed by atoms with Gasteiger partial charge in [-0.05, 0) is 43.2 Å². The third-order valence-electron chi connectivity index (χ3n) is 4.24. The summed E-state index contributed by atoms with van der Waals surface area (Å²) in [7, 11) is 0. The van der Waals surface area contributed by atoms with Crippen LogP contribution in [0.25, 0.3) is 5.69 Å². The SMILES string of the molecule is CC(=O)N1CCc2c(C)nn(-c3ccc(OC(F)(F)F)cc3)c(=O)c2C1. The van der Waals surface area contributed by atoms with Crippen LogP contribution in [0.2, 0.25) is 0 Å². The summed E-state index contributed by atoms with van der Waals surface area (Å²) in [6.45, 7) is 3.93. The van der Waals surface area contributed by atoms with E-state index in [9.17, 15) is 22.8 Å². The summed E-state index contributed by atoms with van der Waals surface area (Å²) in [6, 6.07) is 4.89. The van der Waals surface area contributed by atoms with Crippen LogP contribution in [0.4, 0.5) is 13.2 Å². The molecule has 2 aromatic rings.